The zero-order valence-corrected chi connectivity index (χ0v) is 21.9. The Morgan fingerprint density at radius 2 is 0.875 bits per heavy atom. The van der Waals surface area contributed by atoms with Gasteiger partial charge in [-0.2, -0.15) is 22.3 Å². The SMILES string of the molecule is CC1=[C-]C(C)C(C)=C1C.CC1=[C-]C(C)C(C)=C1C.C[Si]C.[Cl-].[Cl-].[Zr+4]. The second kappa shape index (κ2) is 15.9. The van der Waals surface area contributed by atoms with Crippen molar-refractivity contribution in [1.29, 1.82) is 0 Å². The maximum Gasteiger partial charge on any atom is 4.00 e. The van der Waals surface area contributed by atoms with Gasteiger partial charge in [0, 0.05) is 9.52 Å². The van der Waals surface area contributed by atoms with Gasteiger partial charge >= 0.3 is 26.2 Å². The van der Waals surface area contributed by atoms with Crippen molar-refractivity contribution >= 4 is 9.52 Å². The van der Waals surface area contributed by atoms with Crippen LogP contribution >= 0.6 is 0 Å². The van der Waals surface area contributed by atoms with Gasteiger partial charge < -0.3 is 24.8 Å². The molecule has 0 fully saturated rings. The van der Waals surface area contributed by atoms with E-state index in [0.717, 1.165) is 9.52 Å². The van der Waals surface area contributed by atoms with Crippen LogP contribution in [0.4, 0.5) is 0 Å². The fourth-order valence-electron chi connectivity index (χ4n) is 2.32. The molecule has 0 N–H and O–H groups in total. The van der Waals surface area contributed by atoms with E-state index in [9.17, 15) is 0 Å². The molecule has 4 heteroatoms. The average molecular weight is 463 g/mol. The molecule has 0 aromatic heterocycles. The molecule has 0 amide bonds. The fraction of sp³-hybridized carbons (Fsp3) is 0.600. The van der Waals surface area contributed by atoms with E-state index in [1.54, 1.807) is 0 Å². The van der Waals surface area contributed by atoms with Crippen LogP contribution < -0.4 is 24.8 Å². The van der Waals surface area contributed by atoms with E-state index in [0.29, 0.717) is 11.8 Å². The summed E-state index contributed by atoms with van der Waals surface area (Å²) in [5, 5.41) is 0. The molecule has 2 radical (unpaired) electrons. The number of halogens is 2. The summed E-state index contributed by atoms with van der Waals surface area (Å²) in [4.78, 5) is 0. The minimum atomic E-state index is 0. The minimum Gasteiger partial charge on any atom is -1.00 e. The van der Waals surface area contributed by atoms with Gasteiger partial charge in [-0.05, 0) is 0 Å². The molecule has 0 saturated carbocycles. The fourth-order valence-corrected chi connectivity index (χ4v) is 2.32. The Morgan fingerprint density at radius 3 is 0.917 bits per heavy atom. The van der Waals surface area contributed by atoms with Crippen molar-refractivity contribution in [2.24, 2.45) is 11.8 Å². The first-order valence-electron chi connectivity index (χ1n) is 7.81. The Morgan fingerprint density at radius 1 is 0.667 bits per heavy atom. The molecular formula is C20H32Cl2SiZr. The van der Waals surface area contributed by atoms with Crippen LogP contribution in [-0.4, -0.2) is 9.52 Å². The largest absolute Gasteiger partial charge is 4.00 e. The zero-order valence-electron chi connectivity index (χ0n) is 16.9. The van der Waals surface area contributed by atoms with Crippen molar-refractivity contribution in [1.82, 2.24) is 0 Å². The van der Waals surface area contributed by atoms with E-state index < -0.39 is 0 Å². The van der Waals surface area contributed by atoms with Crippen molar-refractivity contribution in [3.8, 4) is 0 Å². The maximum atomic E-state index is 3.36. The monoisotopic (exact) mass is 460 g/mol. The van der Waals surface area contributed by atoms with Crippen LogP contribution in [0.1, 0.15) is 55.4 Å². The summed E-state index contributed by atoms with van der Waals surface area (Å²) in [6.07, 6.45) is 6.72. The van der Waals surface area contributed by atoms with Gasteiger partial charge in [0.1, 0.15) is 0 Å². The van der Waals surface area contributed by atoms with Gasteiger partial charge in [0.2, 0.25) is 0 Å². The first-order chi connectivity index (χ1) is 9.67. The quantitative estimate of drug-likeness (QED) is 0.357. The number of hydrogen-bond acceptors (Lipinski definition) is 0. The van der Waals surface area contributed by atoms with Crippen LogP contribution in [0.15, 0.2) is 33.4 Å². The van der Waals surface area contributed by atoms with Gasteiger partial charge in [-0.15, -0.1) is 13.8 Å². The van der Waals surface area contributed by atoms with Crippen LogP contribution in [-0.2, 0) is 26.2 Å². The summed E-state index contributed by atoms with van der Waals surface area (Å²) in [6, 6.07) is 0. The molecule has 0 nitrogen and oxygen atoms in total. The van der Waals surface area contributed by atoms with Crippen LogP contribution in [0.25, 0.3) is 0 Å². The maximum absolute atomic E-state index is 3.36. The van der Waals surface area contributed by atoms with Gasteiger partial charge in [0.25, 0.3) is 0 Å². The Balaban J connectivity index is -0.000000130. The zero-order chi connectivity index (χ0) is 16.7. The summed E-state index contributed by atoms with van der Waals surface area (Å²) in [5.41, 5.74) is 8.49. The Kier molecular flexibility index (Phi) is 21.4. The molecule has 0 saturated heterocycles. The third-order valence-corrected chi connectivity index (χ3v) is 4.47. The van der Waals surface area contributed by atoms with Gasteiger partial charge in [-0.1, -0.05) is 66.5 Å². The van der Waals surface area contributed by atoms with E-state index in [4.69, 9.17) is 0 Å². The Bertz CT molecular complexity index is 444. The van der Waals surface area contributed by atoms with E-state index in [1.807, 2.05) is 0 Å². The van der Waals surface area contributed by atoms with Gasteiger partial charge in [0.15, 0.2) is 0 Å². The molecule has 2 aliphatic rings. The predicted octanol–water partition coefficient (Wildman–Crippen LogP) is 0.236. The van der Waals surface area contributed by atoms with Crippen molar-refractivity contribution in [2.75, 3.05) is 0 Å². The van der Waals surface area contributed by atoms with E-state index in [-0.39, 0.29) is 51.0 Å². The number of allylic oxidation sites excluding steroid dienone is 8. The molecule has 134 valence electrons. The molecule has 2 atom stereocenters. The minimum absolute atomic E-state index is 0. The second-order valence-corrected chi connectivity index (χ2v) is 7.10. The molecule has 0 aliphatic heterocycles. The number of hydrogen-bond donors (Lipinski definition) is 0. The second-order valence-electron chi connectivity index (χ2n) is 6.10. The third kappa shape index (κ3) is 9.95. The molecule has 2 aliphatic carbocycles. The summed E-state index contributed by atoms with van der Waals surface area (Å²) < 4.78 is 0. The van der Waals surface area contributed by atoms with Gasteiger partial charge in [-0.3, -0.25) is 12.2 Å². The van der Waals surface area contributed by atoms with Crippen LogP contribution in [0, 0.1) is 24.0 Å². The predicted molar refractivity (Wildman–Crippen MR) is 97.4 cm³/mol. The standard InChI is InChI=1S/2C9H13.C2H6Si.2ClH.Zr/c2*1-6-5-7(2)9(4)8(6)3;1-3-2;;;/h2*6H,1-4H3;1-2H3;2*1H;/q2*-1;;;;+4/p-2. The van der Waals surface area contributed by atoms with E-state index in [2.05, 4.69) is 80.6 Å². The van der Waals surface area contributed by atoms with E-state index in [1.165, 1.54) is 33.4 Å². The summed E-state index contributed by atoms with van der Waals surface area (Å²) in [5.74, 6) is 1.12. The summed E-state index contributed by atoms with van der Waals surface area (Å²) in [6.45, 7) is 21.6. The molecule has 0 heterocycles. The first kappa shape index (κ1) is 32.3. The molecule has 2 rings (SSSR count). The average Bonchev–Trinajstić information content (AvgIpc) is 2.77. The van der Waals surface area contributed by atoms with Crippen molar-refractivity contribution in [3.63, 3.8) is 0 Å². The van der Waals surface area contributed by atoms with Crippen molar-refractivity contribution in [3.05, 3.63) is 45.6 Å². The molecule has 2 unspecified atom stereocenters. The van der Waals surface area contributed by atoms with Crippen molar-refractivity contribution < 1.29 is 51.0 Å². The molecule has 0 aromatic carbocycles. The summed E-state index contributed by atoms with van der Waals surface area (Å²) >= 11 is 0. The molecular weight excluding hydrogens is 430 g/mol. The number of rotatable bonds is 0. The van der Waals surface area contributed by atoms with Crippen LogP contribution in [0.2, 0.25) is 13.1 Å². The van der Waals surface area contributed by atoms with Crippen LogP contribution in [0.5, 0.6) is 0 Å². The summed E-state index contributed by atoms with van der Waals surface area (Å²) in [7, 11) is 1.08. The molecule has 0 spiro atoms. The molecule has 0 aromatic rings. The van der Waals surface area contributed by atoms with Crippen LogP contribution in [0.3, 0.4) is 0 Å². The normalized spacial score (nSPS) is 21.1. The Hall–Kier alpha value is 0.640. The third-order valence-electron chi connectivity index (χ3n) is 4.47. The smallest absolute Gasteiger partial charge is 1.00 e. The first-order valence-corrected chi connectivity index (χ1v) is 9.81. The molecule has 24 heavy (non-hydrogen) atoms. The Labute approximate surface area is 185 Å². The van der Waals surface area contributed by atoms with Gasteiger partial charge in [-0.25, -0.2) is 11.1 Å². The van der Waals surface area contributed by atoms with Gasteiger partial charge in [0.05, 0.1) is 0 Å². The van der Waals surface area contributed by atoms with Crippen molar-refractivity contribution in [2.45, 2.75) is 68.5 Å². The topological polar surface area (TPSA) is 0 Å². The van der Waals surface area contributed by atoms with E-state index >= 15 is 0 Å². The molecule has 0 bridgehead atoms.